The topological polar surface area (TPSA) is 67.8 Å². The molecule has 0 heterocycles. The molecule has 0 aliphatic rings. The number of sulfonamides is 1. The molecule has 33 heavy (non-hydrogen) atoms. The molecule has 0 saturated carbocycles. The van der Waals surface area contributed by atoms with Gasteiger partial charge in [-0.15, -0.1) is 0 Å². The van der Waals surface area contributed by atoms with Crippen molar-refractivity contribution in [3.05, 3.63) is 98.5 Å². The highest BCUT2D eigenvalue weighted by Gasteiger charge is 2.46. The molecule has 174 valence electrons. The first kappa shape index (κ1) is 25.2. The third-order valence-corrected chi connectivity index (χ3v) is 6.14. The molecule has 0 fully saturated rings. The van der Waals surface area contributed by atoms with Gasteiger partial charge in [0.15, 0.2) is 0 Å². The summed E-state index contributed by atoms with van der Waals surface area (Å²) in [6.07, 6.45) is 0. The number of nitrogens with zero attached hydrogens (tertiary/aromatic N) is 1. The van der Waals surface area contributed by atoms with E-state index in [-0.39, 0.29) is 28.6 Å². The van der Waals surface area contributed by atoms with E-state index in [9.17, 15) is 21.6 Å². The molecule has 0 radical (unpaired) electrons. The van der Waals surface area contributed by atoms with Crippen LogP contribution < -0.4 is 4.72 Å². The second kappa shape index (κ2) is 10.2. The summed E-state index contributed by atoms with van der Waals surface area (Å²) in [5.74, 6) is 0. The summed E-state index contributed by atoms with van der Waals surface area (Å²) in [4.78, 5) is 5.42. The normalized spacial score (nSPS) is 12.5. The Hall–Kier alpha value is -2.46. The fourth-order valence-corrected chi connectivity index (χ4v) is 3.88. The van der Waals surface area contributed by atoms with Gasteiger partial charge in [-0.25, -0.2) is 0 Å². The molecule has 1 N–H and O–H groups in total. The van der Waals surface area contributed by atoms with E-state index in [4.69, 9.17) is 39.6 Å². The van der Waals surface area contributed by atoms with Crippen molar-refractivity contribution in [1.82, 2.24) is 0 Å². The fraction of sp³-hybridized carbons (Fsp3) is 0.0952. The fourth-order valence-electron chi connectivity index (χ4n) is 2.66. The standard InChI is InChI=1S/C21H14Cl3F3N2O3S/c22-15-8-9-19(29-33(30,31)21(25,26)27)17(10-15)20(13-4-2-1-3-5-13)28-32-12-14-6-7-16(23)11-18(14)24/h1-11,29H,12H2. The van der Waals surface area contributed by atoms with Gasteiger partial charge in [-0.3, -0.25) is 4.72 Å². The maximum atomic E-state index is 13.0. The highest BCUT2D eigenvalue weighted by molar-refractivity contribution is 7.93. The van der Waals surface area contributed by atoms with Crippen LogP contribution in [0.15, 0.2) is 71.9 Å². The Morgan fingerprint density at radius 1 is 0.939 bits per heavy atom. The average Bonchev–Trinajstić information content (AvgIpc) is 2.74. The molecule has 0 atom stereocenters. The third kappa shape index (κ3) is 6.32. The first-order valence-electron chi connectivity index (χ1n) is 9.06. The largest absolute Gasteiger partial charge is 0.516 e. The number of nitrogens with one attached hydrogen (secondary N) is 1. The quantitative estimate of drug-likeness (QED) is 0.264. The van der Waals surface area contributed by atoms with Crippen LogP contribution in [0.3, 0.4) is 0 Å². The van der Waals surface area contributed by atoms with E-state index >= 15 is 0 Å². The molecule has 3 rings (SSSR count). The number of hydrogen-bond acceptors (Lipinski definition) is 4. The van der Waals surface area contributed by atoms with Crippen LogP contribution in [0.2, 0.25) is 15.1 Å². The van der Waals surface area contributed by atoms with Crippen LogP contribution >= 0.6 is 34.8 Å². The Kier molecular flexibility index (Phi) is 7.79. The van der Waals surface area contributed by atoms with Crippen molar-refractivity contribution in [2.75, 3.05) is 4.72 Å². The summed E-state index contributed by atoms with van der Waals surface area (Å²) in [6, 6.07) is 16.7. The minimum absolute atomic E-state index is 0.0243. The highest BCUT2D eigenvalue weighted by Crippen LogP contribution is 2.30. The van der Waals surface area contributed by atoms with Crippen molar-refractivity contribution in [1.29, 1.82) is 0 Å². The lowest BCUT2D eigenvalue weighted by molar-refractivity contribution is -0.0429. The van der Waals surface area contributed by atoms with Crippen molar-refractivity contribution < 1.29 is 26.4 Å². The second-order valence-electron chi connectivity index (χ2n) is 6.56. The molecule has 3 aromatic rings. The second-order valence-corrected chi connectivity index (χ2v) is 9.51. The Bertz CT molecular complexity index is 1280. The van der Waals surface area contributed by atoms with Crippen LogP contribution in [0.25, 0.3) is 0 Å². The zero-order valence-electron chi connectivity index (χ0n) is 16.4. The predicted octanol–water partition coefficient (Wildman–Crippen LogP) is 6.88. The molecule has 0 saturated heterocycles. The van der Waals surface area contributed by atoms with E-state index < -0.39 is 15.5 Å². The number of rotatable bonds is 7. The van der Waals surface area contributed by atoms with Gasteiger partial charge in [-0.1, -0.05) is 76.4 Å². The highest BCUT2D eigenvalue weighted by atomic mass is 35.5. The SMILES string of the molecule is O=S(=O)(Nc1ccc(Cl)cc1C(=NOCc1ccc(Cl)cc1Cl)c1ccccc1)C(F)(F)F. The van der Waals surface area contributed by atoms with Gasteiger partial charge in [0.25, 0.3) is 0 Å². The Labute approximate surface area is 202 Å². The van der Waals surface area contributed by atoms with Crippen molar-refractivity contribution in [2.24, 2.45) is 5.16 Å². The van der Waals surface area contributed by atoms with Crippen molar-refractivity contribution in [3.8, 4) is 0 Å². The van der Waals surface area contributed by atoms with E-state index in [1.54, 1.807) is 47.2 Å². The van der Waals surface area contributed by atoms with Crippen LogP contribution in [-0.4, -0.2) is 19.6 Å². The Balaban J connectivity index is 2.05. The van der Waals surface area contributed by atoms with Crippen LogP contribution in [-0.2, 0) is 21.5 Å². The van der Waals surface area contributed by atoms with Gasteiger partial charge in [-0.05, 0) is 30.3 Å². The molecule has 5 nitrogen and oxygen atoms in total. The Morgan fingerprint density at radius 2 is 1.58 bits per heavy atom. The van der Waals surface area contributed by atoms with Gasteiger partial charge >= 0.3 is 15.5 Å². The lowest BCUT2D eigenvalue weighted by Gasteiger charge is -2.16. The van der Waals surface area contributed by atoms with Crippen LogP contribution in [0.5, 0.6) is 0 Å². The molecule has 12 heteroatoms. The van der Waals surface area contributed by atoms with Crippen LogP contribution in [0.4, 0.5) is 18.9 Å². The summed E-state index contributed by atoms with van der Waals surface area (Å²) in [5, 5.41) is 4.97. The first-order chi connectivity index (χ1) is 15.5. The number of hydrogen-bond donors (Lipinski definition) is 1. The monoisotopic (exact) mass is 536 g/mol. The zero-order chi connectivity index (χ0) is 24.2. The van der Waals surface area contributed by atoms with Crippen molar-refractivity contribution in [3.63, 3.8) is 0 Å². The van der Waals surface area contributed by atoms with E-state index in [1.165, 1.54) is 18.2 Å². The van der Waals surface area contributed by atoms with Gasteiger partial charge in [-0.2, -0.15) is 21.6 Å². The molecule has 0 spiro atoms. The number of benzene rings is 3. The molecule has 0 unspecified atom stereocenters. The van der Waals surface area contributed by atoms with Gasteiger partial charge in [0.2, 0.25) is 0 Å². The molecular weight excluding hydrogens is 524 g/mol. The van der Waals surface area contributed by atoms with Crippen molar-refractivity contribution in [2.45, 2.75) is 12.1 Å². The maximum absolute atomic E-state index is 13.0. The number of halogens is 6. The van der Waals surface area contributed by atoms with E-state index in [0.29, 0.717) is 21.2 Å². The van der Waals surface area contributed by atoms with Crippen LogP contribution in [0, 0.1) is 0 Å². The average molecular weight is 538 g/mol. The summed E-state index contributed by atoms with van der Waals surface area (Å²) in [5.41, 5.74) is -4.88. The third-order valence-electron chi connectivity index (χ3n) is 4.22. The van der Waals surface area contributed by atoms with E-state index in [1.807, 2.05) is 0 Å². The van der Waals surface area contributed by atoms with Gasteiger partial charge in [0, 0.05) is 31.8 Å². The molecule has 0 aliphatic heterocycles. The van der Waals surface area contributed by atoms with Gasteiger partial charge in [0.1, 0.15) is 12.3 Å². The summed E-state index contributed by atoms with van der Waals surface area (Å²) in [6.45, 7) is -0.0868. The summed E-state index contributed by atoms with van der Waals surface area (Å²) >= 11 is 18.1. The van der Waals surface area contributed by atoms with Crippen LogP contribution in [0.1, 0.15) is 16.7 Å². The number of alkyl halides is 3. The predicted molar refractivity (Wildman–Crippen MR) is 123 cm³/mol. The maximum Gasteiger partial charge on any atom is 0.516 e. The summed E-state index contributed by atoms with van der Waals surface area (Å²) < 4.78 is 63.8. The van der Waals surface area contributed by atoms with Gasteiger partial charge in [0.05, 0.1) is 5.69 Å². The van der Waals surface area contributed by atoms with Gasteiger partial charge < -0.3 is 4.84 Å². The minimum atomic E-state index is -5.69. The lowest BCUT2D eigenvalue weighted by atomic mass is 10.0. The van der Waals surface area contributed by atoms with E-state index in [0.717, 1.165) is 6.07 Å². The molecule has 0 amide bonds. The molecule has 0 bridgehead atoms. The Morgan fingerprint density at radius 3 is 2.21 bits per heavy atom. The van der Waals surface area contributed by atoms with Crippen molar-refractivity contribution >= 4 is 56.2 Å². The lowest BCUT2D eigenvalue weighted by Crippen LogP contribution is -2.30. The number of oxime groups is 1. The molecule has 0 aromatic heterocycles. The minimum Gasteiger partial charge on any atom is -0.390 e. The zero-order valence-corrected chi connectivity index (χ0v) is 19.5. The number of anilines is 1. The summed E-state index contributed by atoms with van der Waals surface area (Å²) in [7, 11) is -5.69. The molecule has 0 aliphatic carbocycles. The smallest absolute Gasteiger partial charge is 0.390 e. The molecule has 3 aromatic carbocycles. The van der Waals surface area contributed by atoms with E-state index in [2.05, 4.69) is 5.16 Å². The molecular formula is C21H14Cl3F3N2O3S. The first-order valence-corrected chi connectivity index (χ1v) is 11.7.